The Hall–Kier alpha value is -2.73. The number of methoxy groups -OCH3 is 1. The van der Waals surface area contributed by atoms with Gasteiger partial charge in [-0.05, 0) is 90.3 Å². The van der Waals surface area contributed by atoms with Crippen molar-refractivity contribution in [2.75, 3.05) is 13.7 Å². The third kappa shape index (κ3) is 5.50. The number of rotatable bonds is 10. The number of aromatic nitrogens is 1. The van der Waals surface area contributed by atoms with Crippen molar-refractivity contribution in [2.45, 2.75) is 90.6 Å². The summed E-state index contributed by atoms with van der Waals surface area (Å²) in [5.74, 6) is 0.163. The van der Waals surface area contributed by atoms with Crippen LogP contribution in [-0.2, 0) is 25.4 Å². The maximum absolute atomic E-state index is 13.4. The van der Waals surface area contributed by atoms with Crippen molar-refractivity contribution in [3.63, 3.8) is 0 Å². The fourth-order valence-corrected chi connectivity index (χ4v) is 7.36. The molecule has 1 saturated heterocycles. The number of nitrogens with zero attached hydrogens (tertiary/aromatic N) is 1. The predicted molar refractivity (Wildman–Crippen MR) is 163 cm³/mol. The average Bonchev–Trinajstić information content (AvgIpc) is 3.70. The van der Waals surface area contributed by atoms with Gasteiger partial charge in [0.2, 0.25) is 5.89 Å². The molecule has 2 aromatic carbocycles. The first kappa shape index (κ1) is 31.3. The summed E-state index contributed by atoms with van der Waals surface area (Å²) in [5.41, 5.74) is 1.19. The van der Waals surface area contributed by atoms with Crippen LogP contribution in [0.1, 0.15) is 71.8 Å². The van der Waals surface area contributed by atoms with E-state index in [0.717, 1.165) is 38.5 Å². The van der Waals surface area contributed by atoms with Crippen molar-refractivity contribution in [1.82, 2.24) is 10.3 Å². The van der Waals surface area contributed by atoms with E-state index in [1.54, 1.807) is 12.1 Å². The van der Waals surface area contributed by atoms with Gasteiger partial charge in [0.1, 0.15) is 11.3 Å². The van der Waals surface area contributed by atoms with Gasteiger partial charge < -0.3 is 28.5 Å². The zero-order valence-electron chi connectivity index (χ0n) is 25.7. The summed E-state index contributed by atoms with van der Waals surface area (Å²) < 4.78 is 55.1. The molecule has 3 fully saturated rings. The molecule has 1 aliphatic heterocycles. The molecule has 236 valence electrons. The van der Waals surface area contributed by atoms with Crippen molar-refractivity contribution >= 4 is 41.3 Å². The maximum atomic E-state index is 13.4. The quantitative estimate of drug-likeness (QED) is 0.151. The molecule has 1 aromatic heterocycles. The van der Waals surface area contributed by atoms with Gasteiger partial charge in [0, 0.05) is 23.6 Å². The molecule has 2 aliphatic carbocycles. The number of carbonyl (C=O) groups is 1. The van der Waals surface area contributed by atoms with Crippen molar-refractivity contribution < 1.29 is 36.8 Å². The molecule has 44 heavy (non-hydrogen) atoms. The Bertz CT molecular complexity index is 1550. The molecular weight excluding hydrogens is 593 g/mol. The van der Waals surface area contributed by atoms with E-state index >= 15 is 0 Å². The lowest BCUT2D eigenvalue weighted by atomic mass is 9.78. The monoisotopic (exact) mass is 630 g/mol. The second kappa shape index (κ2) is 11.3. The highest BCUT2D eigenvalue weighted by atomic mass is 35.5. The van der Waals surface area contributed by atoms with E-state index in [1.165, 1.54) is 13.2 Å². The van der Waals surface area contributed by atoms with Gasteiger partial charge in [-0.25, -0.2) is 4.98 Å². The smallest absolute Gasteiger partial charge is 0.469 e. The second-order valence-corrected chi connectivity index (χ2v) is 13.9. The first-order valence-electron chi connectivity index (χ1n) is 15.1. The largest absolute Gasteiger partial charge is 0.496 e. The van der Waals surface area contributed by atoms with Gasteiger partial charge in [-0.1, -0.05) is 23.7 Å². The van der Waals surface area contributed by atoms with Gasteiger partial charge in [0.15, 0.2) is 5.58 Å². The number of hydrogen-bond donors (Lipinski definition) is 1. The number of nitrogens with one attached hydrogen (secondary N) is 1. The van der Waals surface area contributed by atoms with Gasteiger partial charge in [0.25, 0.3) is 0 Å². The molecule has 0 radical (unpaired) electrons. The Kier molecular flexibility index (Phi) is 8.00. The Balaban J connectivity index is 1.20. The number of fused-ring (bicyclic) bond motifs is 3. The van der Waals surface area contributed by atoms with Gasteiger partial charge >= 0.3 is 19.7 Å². The Labute approximate surface area is 261 Å². The summed E-state index contributed by atoms with van der Waals surface area (Å²) in [7, 11) is 0.781. The summed E-state index contributed by atoms with van der Waals surface area (Å²) in [6, 6.07) is 8.58. The average molecular weight is 631 g/mol. The number of ether oxygens (including phenoxy) is 2. The lowest BCUT2D eigenvalue weighted by Gasteiger charge is -2.32. The lowest BCUT2D eigenvalue weighted by Crippen LogP contribution is -2.41. The zero-order chi connectivity index (χ0) is 31.5. The molecule has 0 amide bonds. The molecule has 1 N–H and O–H groups in total. The van der Waals surface area contributed by atoms with Crippen LogP contribution in [0.3, 0.4) is 0 Å². The highest BCUT2D eigenvalue weighted by molar-refractivity contribution is 6.66. The first-order chi connectivity index (χ1) is 20.8. The van der Waals surface area contributed by atoms with Crippen LogP contribution in [0, 0.1) is 10.8 Å². The van der Waals surface area contributed by atoms with Crippen LogP contribution in [0.25, 0.3) is 22.6 Å². The molecule has 2 saturated carbocycles. The van der Waals surface area contributed by atoms with Crippen LogP contribution in [0.4, 0.5) is 8.78 Å². The predicted octanol–water partition coefficient (Wildman–Crippen LogP) is 6.65. The number of alkyl halides is 2. The topological polar surface area (TPSA) is 92.1 Å². The van der Waals surface area contributed by atoms with E-state index in [2.05, 4.69) is 10.3 Å². The minimum Gasteiger partial charge on any atom is -0.469 e. The summed E-state index contributed by atoms with van der Waals surface area (Å²) >= 11 is 6.85. The maximum Gasteiger partial charge on any atom is 0.496 e. The number of benzene rings is 2. The third-order valence-corrected chi connectivity index (χ3v) is 10.7. The van der Waals surface area contributed by atoms with Crippen molar-refractivity contribution in [3.8, 4) is 17.2 Å². The van der Waals surface area contributed by atoms with Crippen LogP contribution in [0.2, 0.25) is 5.02 Å². The Morgan fingerprint density at radius 2 is 1.82 bits per heavy atom. The van der Waals surface area contributed by atoms with E-state index in [1.807, 2.05) is 39.8 Å². The number of halogens is 3. The highest BCUT2D eigenvalue weighted by Crippen LogP contribution is 2.63. The molecule has 12 heteroatoms. The SMILES string of the molecule is COC(=O)C12CCC(CCNCc3cc4nc(-c5cccc(B6OC(C)(C)C(C)(C)O6)c5Cl)oc4cc3OC(F)F)(CC1)C2. The lowest BCUT2D eigenvalue weighted by molar-refractivity contribution is -0.152. The van der Waals surface area contributed by atoms with E-state index in [-0.39, 0.29) is 28.4 Å². The van der Waals surface area contributed by atoms with E-state index in [9.17, 15) is 13.6 Å². The molecule has 2 heterocycles. The number of oxazole rings is 1. The van der Waals surface area contributed by atoms with E-state index < -0.39 is 24.9 Å². The molecule has 6 rings (SSSR count). The third-order valence-electron chi connectivity index (χ3n) is 10.3. The number of hydrogen-bond acceptors (Lipinski definition) is 8. The van der Waals surface area contributed by atoms with Gasteiger partial charge in [0.05, 0.1) is 34.3 Å². The van der Waals surface area contributed by atoms with E-state index in [4.69, 9.17) is 34.8 Å². The minimum absolute atomic E-state index is 0.0179. The van der Waals surface area contributed by atoms with Gasteiger partial charge in [-0.15, -0.1) is 0 Å². The van der Waals surface area contributed by atoms with Crippen LogP contribution in [0.15, 0.2) is 34.7 Å². The fourth-order valence-electron chi connectivity index (χ4n) is 7.06. The molecule has 0 unspecified atom stereocenters. The normalized spacial score (nSPS) is 25.3. The standard InChI is InChI=1S/C32H38BClF2N2O6/c1-29(2)30(3,4)44-33(43-29)21-8-6-7-20(25(21)34)26-38-22-15-19(23(42-28(35)36)16-24(22)41-26)17-37-14-13-31-9-11-32(18-31,12-10-31)27(39)40-5/h6-8,15-16,28,37H,9-14,17-18H2,1-5H3. The number of carbonyl (C=O) groups excluding carboxylic acids is 1. The zero-order valence-corrected chi connectivity index (χ0v) is 26.5. The minimum atomic E-state index is -3.00. The summed E-state index contributed by atoms with van der Waals surface area (Å²) in [5, 5.41) is 3.76. The molecule has 8 nitrogen and oxygen atoms in total. The Morgan fingerprint density at radius 3 is 2.48 bits per heavy atom. The van der Waals surface area contributed by atoms with Crippen LogP contribution in [0.5, 0.6) is 5.75 Å². The molecule has 2 bridgehead atoms. The second-order valence-electron chi connectivity index (χ2n) is 13.5. The molecule has 3 aromatic rings. The number of esters is 1. The molecule has 0 atom stereocenters. The summed E-state index contributed by atoms with van der Waals surface area (Å²) in [6.07, 6.45) is 5.46. The van der Waals surface area contributed by atoms with Gasteiger partial charge in [-0.3, -0.25) is 4.79 Å². The van der Waals surface area contributed by atoms with Crippen LogP contribution >= 0.6 is 11.6 Å². The van der Waals surface area contributed by atoms with Crippen molar-refractivity contribution in [3.05, 3.63) is 40.9 Å². The van der Waals surface area contributed by atoms with E-state index in [0.29, 0.717) is 45.8 Å². The summed E-state index contributed by atoms with van der Waals surface area (Å²) in [6.45, 7) is 5.85. The van der Waals surface area contributed by atoms with Crippen LogP contribution < -0.4 is 15.5 Å². The molecular formula is C32H38BClF2N2O6. The first-order valence-corrected chi connectivity index (χ1v) is 15.5. The highest BCUT2D eigenvalue weighted by Gasteiger charge is 2.58. The summed E-state index contributed by atoms with van der Waals surface area (Å²) in [4.78, 5) is 17.0. The van der Waals surface area contributed by atoms with Crippen molar-refractivity contribution in [1.29, 1.82) is 0 Å². The molecule has 0 spiro atoms. The fraction of sp³-hybridized carbons (Fsp3) is 0.562. The van der Waals surface area contributed by atoms with Gasteiger partial charge in [-0.2, -0.15) is 8.78 Å². The van der Waals surface area contributed by atoms with Crippen molar-refractivity contribution in [2.24, 2.45) is 10.8 Å². The van der Waals surface area contributed by atoms with Crippen LogP contribution in [-0.4, -0.2) is 49.5 Å². The molecule has 3 aliphatic rings. The Morgan fingerprint density at radius 1 is 1.11 bits per heavy atom.